The number of hydrogen-bond donors (Lipinski definition) is 1. The van der Waals surface area contributed by atoms with E-state index in [0.717, 1.165) is 5.52 Å². The maximum absolute atomic E-state index is 12.5. The van der Waals surface area contributed by atoms with Crippen LogP contribution in [0.5, 0.6) is 0 Å². The number of anilines is 1. The van der Waals surface area contributed by atoms with Crippen LogP contribution >= 0.6 is 11.6 Å². The van der Waals surface area contributed by atoms with E-state index < -0.39 is 0 Å². The molecule has 146 valence electrons. The summed E-state index contributed by atoms with van der Waals surface area (Å²) in [5.74, 6) is 0.639. The van der Waals surface area contributed by atoms with E-state index in [0.29, 0.717) is 34.2 Å². The molecule has 1 N–H and O–H groups in total. The van der Waals surface area contributed by atoms with E-state index in [9.17, 15) is 9.59 Å². The number of hydrogen-bond acceptors (Lipinski definition) is 3. The molecule has 3 amide bonds. The molecule has 1 aromatic heterocycles. The Hall–Kier alpha value is -3.06. The highest BCUT2D eigenvalue weighted by Gasteiger charge is 2.16. The number of nitrogens with zero attached hydrogens (tertiary/aromatic N) is 4. The van der Waals surface area contributed by atoms with Crippen molar-refractivity contribution in [1.29, 1.82) is 0 Å². The highest BCUT2D eigenvalue weighted by atomic mass is 35.5. The number of aryl methyl sites for hydroxylation is 1. The molecule has 8 heteroatoms. The molecule has 0 radical (unpaired) electrons. The SMILES string of the molecule is CN(C)C(=O)c1ccc2c(c1)nc(CN(C)C(=O)Nc1cccc(Cl)c1)n2C. The molecule has 0 aliphatic heterocycles. The van der Waals surface area contributed by atoms with Crippen LogP contribution in [0.4, 0.5) is 10.5 Å². The summed E-state index contributed by atoms with van der Waals surface area (Å²) in [7, 11) is 7.01. The van der Waals surface area contributed by atoms with Gasteiger partial charge < -0.3 is 19.7 Å². The number of carbonyl (C=O) groups excluding carboxylic acids is 2. The number of rotatable bonds is 4. The molecular weight excluding hydrogens is 378 g/mol. The second kappa shape index (κ2) is 7.90. The minimum absolute atomic E-state index is 0.0767. The molecule has 0 fully saturated rings. The number of halogens is 1. The quantitative estimate of drug-likeness (QED) is 0.728. The lowest BCUT2D eigenvalue weighted by molar-refractivity contribution is 0.0827. The molecule has 0 spiro atoms. The molecule has 0 unspecified atom stereocenters. The molecule has 3 aromatic rings. The van der Waals surface area contributed by atoms with Gasteiger partial charge in [0.2, 0.25) is 0 Å². The molecule has 0 aliphatic carbocycles. The standard InChI is InChI=1S/C20H22ClN5O2/c1-24(2)19(27)13-8-9-17-16(10-13)23-18(26(17)4)12-25(3)20(28)22-15-7-5-6-14(21)11-15/h5-11H,12H2,1-4H3,(H,22,28). The lowest BCUT2D eigenvalue weighted by Gasteiger charge is -2.17. The van der Waals surface area contributed by atoms with Gasteiger partial charge >= 0.3 is 6.03 Å². The summed E-state index contributed by atoms with van der Waals surface area (Å²) < 4.78 is 1.92. The topological polar surface area (TPSA) is 70.5 Å². The van der Waals surface area contributed by atoms with Crippen LogP contribution in [0.15, 0.2) is 42.5 Å². The summed E-state index contributed by atoms with van der Waals surface area (Å²) in [6.07, 6.45) is 0. The van der Waals surface area contributed by atoms with Gasteiger partial charge in [0.1, 0.15) is 5.82 Å². The molecule has 2 aromatic carbocycles. The predicted octanol–water partition coefficient (Wildman–Crippen LogP) is 3.59. The van der Waals surface area contributed by atoms with Gasteiger partial charge in [0.05, 0.1) is 17.6 Å². The summed E-state index contributed by atoms with van der Waals surface area (Å²) in [4.78, 5) is 32.3. The molecule has 28 heavy (non-hydrogen) atoms. The third-order valence-corrected chi connectivity index (χ3v) is 4.66. The van der Waals surface area contributed by atoms with E-state index >= 15 is 0 Å². The van der Waals surface area contributed by atoms with Crippen molar-refractivity contribution < 1.29 is 9.59 Å². The Morgan fingerprint density at radius 3 is 2.57 bits per heavy atom. The number of aromatic nitrogens is 2. The minimum atomic E-state index is -0.266. The van der Waals surface area contributed by atoms with Crippen molar-refractivity contribution in [3.8, 4) is 0 Å². The van der Waals surface area contributed by atoms with Crippen molar-refractivity contribution in [3.63, 3.8) is 0 Å². The van der Waals surface area contributed by atoms with Crippen molar-refractivity contribution >= 4 is 40.3 Å². The molecular formula is C20H22ClN5O2. The number of fused-ring (bicyclic) bond motifs is 1. The van der Waals surface area contributed by atoms with Crippen molar-refractivity contribution in [2.45, 2.75) is 6.54 Å². The number of carbonyl (C=O) groups is 2. The first-order valence-electron chi connectivity index (χ1n) is 8.71. The van der Waals surface area contributed by atoms with Crippen LogP contribution in [0.25, 0.3) is 11.0 Å². The third kappa shape index (κ3) is 4.09. The Morgan fingerprint density at radius 2 is 1.89 bits per heavy atom. The fraction of sp³-hybridized carbons (Fsp3) is 0.250. The third-order valence-electron chi connectivity index (χ3n) is 4.43. The highest BCUT2D eigenvalue weighted by Crippen LogP contribution is 2.19. The van der Waals surface area contributed by atoms with Crippen molar-refractivity contribution in [2.24, 2.45) is 7.05 Å². The van der Waals surface area contributed by atoms with E-state index in [4.69, 9.17) is 11.6 Å². The fourth-order valence-electron chi connectivity index (χ4n) is 2.85. The van der Waals surface area contributed by atoms with Gasteiger partial charge in [-0.1, -0.05) is 17.7 Å². The Morgan fingerprint density at radius 1 is 1.14 bits per heavy atom. The van der Waals surface area contributed by atoms with Crippen LogP contribution in [0, 0.1) is 0 Å². The van der Waals surface area contributed by atoms with Gasteiger partial charge in [-0.3, -0.25) is 4.79 Å². The van der Waals surface area contributed by atoms with E-state index in [-0.39, 0.29) is 11.9 Å². The van der Waals surface area contributed by atoms with Crippen LogP contribution in [0.1, 0.15) is 16.2 Å². The highest BCUT2D eigenvalue weighted by molar-refractivity contribution is 6.30. The summed E-state index contributed by atoms with van der Waals surface area (Å²) in [6, 6.07) is 12.1. The van der Waals surface area contributed by atoms with Crippen LogP contribution in [-0.4, -0.2) is 52.4 Å². The Bertz CT molecular complexity index is 1040. The molecule has 7 nitrogen and oxygen atoms in total. The van der Waals surface area contributed by atoms with Gasteiger partial charge in [0.25, 0.3) is 5.91 Å². The molecule has 0 aliphatic rings. The lowest BCUT2D eigenvalue weighted by Crippen LogP contribution is -2.31. The molecule has 3 rings (SSSR count). The van der Waals surface area contributed by atoms with E-state index in [2.05, 4.69) is 10.3 Å². The number of amides is 3. The average Bonchev–Trinajstić information content (AvgIpc) is 2.96. The number of benzene rings is 2. The smallest absolute Gasteiger partial charge is 0.321 e. The van der Waals surface area contributed by atoms with Gasteiger partial charge in [-0.05, 0) is 36.4 Å². The van der Waals surface area contributed by atoms with Gasteiger partial charge in [0.15, 0.2) is 0 Å². The van der Waals surface area contributed by atoms with Crippen molar-refractivity contribution in [1.82, 2.24) is 19.4 Å². The minimum Gasteiger partial charge on any atom is -0.345 e. The van der Waals surface area contributed by atoms with Crippen LogP contribution < -0.4 is 5.32 Å². The van der Waals surface area contributed by atoms with Gasteiger partial charge in [-0.2, -0.15) is 0 Å². The maximum Gasteiger partial charge on any atom is 0.321 e. The zero-order valence-electron chi connectivity index (χ0n) is 16.2. The number of imidazole rings is 1. The summed E-state index contributed by atoms with van der Waals surface area (Å²) in [6.45, 7) is 0.314. The predicted molar refractivity (Wildman–Crippen MR) is 111 cm³/mol. The summed E-state index contributed by atoms with van der Waals surface area (Å²) in [5, 5.41) is 3.36. The zero-order chi connectivity index (χ0) is 20.4. The van der Waals surface area contributed by atoms with Crippen LogP contribution in [0.3, 0.4) is 0 Å². The van der Waals surface area contributed by atoms with Gasteiger partial charge in [-0.15, -0.1) is 0 Å². The van der Waals surface area contributed by atoms with Crippen LogP contribution in [0.2, 0.25) is 5.02 Å². The van der Waals surface area contributed by atoms with E-state index in [1.54, 1.807) is 57.5 Å². The lowest BCUT2D eigenvalue weighted by atomic mass is 10.2. The fourth-order valence-corrected chi connectivity index (χ4v) is 3.04. The Kier molecular flexibility index (Phi) is 5.56. The molecule has 0 atom stereocenters. The Balaban J connectivity index is 1.78. The summed E-state index contributed by atoms with van der Waals surface area (Å²) in [5.41, 5.74) is 2.82. The zero-order valence-corrected chi connectivity index (χ0v) is 17.0. The molecule has 1 heterocycles. The van der Waals surface area contributed by atoms with Crippen LogP contribution in [-0.2, 0) is 13.6 Å². The normalized spacial score (nSPS) is 10.8. The Labute approximate surface area is 168 Å². The first-order valence-corrected chi connectivity index (χ1v) is 9.08. The van der Waals surface area contributed by atoms with Crippen molar-refractivity contribution in [3.05, 3.63) is 58.9 Å². The van der Waals surface area contributed by atoms with Gasteiger partial charge in [0, 0.05) is 44.5 Å². The van der Waals surface area contributed by atoms with E-state index in [1.807, 2.05) is 17.7 Å². The average molecular weight is 400 g/mol. The van der Waals surface area contributed by atoms with Gasteiger partial charge in [-0.25, -0.2) is 9.78 Å². The molecule has 0 bridgehead atoms. The molecule has 0 saturated heterocycles. The largest absolute Gasteiger partial charge is 0.345 e. The van der Waals surface area contributed by atoms with E-state index in [1.165, 1.54) is 9.80 Å². The second-order valence-corrected chi connectivity index (χ2v) is 7.22. The van der Waals surface area contributed by atoms with Crippen molar-refractivity contribution in [2.75, 3.05) is 26.5 Å². The second-order valence-electron chi connectivity index (χ2n) is 6.79. The molecule has 0 saturated carbocycles. The maximum atomic E-state index is 12.5. The first-order chi connectivity index (χ1) is 13.3. The summed E-state index contributed by atoms with van der Waals surface area (Å²) >= 11 is 5.95. The number of urea groups is 1. The monoisotopic (exact) mass is 399 g/mol. The first kappa shape index (κ1) is 19.7. The number of nitrogens with one attached hydrogen (secondary N) is 1.